The van der Waals surface area contributed by atoms with Crippen molar-refractivity contribution in [3.63, 3.8) is 0 Å². The maximum absolute atomic E-state index is 10.7. The summed E-state index contributed by atoms with van der Waals surface area (Å²) < 4.78 is 4.70. The Bertz CT molecular complexity index is 184. The summed E-state index contributed by atoms with van der Waals surface area (Å²) in [5.41, 5.74) is -0.654. The molecule has 0 unspecified atom stereocenters. The molecule has 0 aromatic heterocycles. The minimum Gasteiger partial charge on any atom is -0.443 e. The van der Waals surface area contributed by atoms with Crippen molar-refractivity contribution in [2.24, 2.45) is 5.90 Å². The van der Waals surface area contributed by atoms with E-state index >= 15 is 0 Å². The summed E-state index contributed by atoms with van der Waals surface area (Å²) in [6.07, 6.45) is -1.94. The van der Waals surface area contributed by atoms with Crippen LogP contribution in [-0.4, -0.2) is 17.8 Å². The van der Waals surface area contributed by atoms with Gasteiger partial charge < -0.3 is 9.57 Å². The summed E-state index contributed by atoms with van der Waals surface area (Å²) in [5.74, 6) is 4.46. The van der Waals surface area contributed by atoms with Crippen LogP contribution in [0.4, 0.5) is 9.59 Å². The third-order valence-electron chi connectivity index (χ3n) is 0.710. The Morgan fingerprint density at radius 1 is 1.25 bits per heavy atom. The first-order valence-electron chi connectivity index (χ1n) is 3.26. The van der Waals surface area contributed by atoms with Crippen LogP contribution in [0.5, 0.6) is 0 Å². The number of alkyl carbamates (subject to hydrolysis) is 1. The molecule has 0 spiro atoms. The molecule has 0 rings (SSSR count). The van der Waals surface area contributed by atoms with Gasteiger partial charge in [-0.15, -0.1) is 0 Å². The van der Waals surface area contributed by atoms with E-state index in [0.29, 0.717) is 0 Å². The molecule has 2 amide bonds. The number of nitrogens with two attached hydrogens (primary N) is 1. The molecule has 0 bridgehead atoms. The van der Waals surface area contributed by atoms with E-state index in [4.69, 9.17) is 4.74 Å². The van der Waals surface area contributed by atoms with Gasteiger partial charge in [0.05, 0.1) is 0 Å². The Kier molecular flexibility index (Phi) is 3.49. The molecule has 6 heteroatoms. The molecule has 0 aromatic carbocycles. The molecule has 0 aliphatic heterocycles. The average molecular weight is 176 g/mol. The Labute approximate surface area is 70.0 Å². The maximum atomic E-state index is 10.7. The quantitative estimate of drug-likeness (QED) is 0.525. The number of hydrogen-bond donors (Lipinski definition) is 2. The highest BCUT2D eigenvalue weighted by molar-refractivity contribution is 5.87. The van der Waals surface area contributed by atoms with Gasteiger partial charge >= 0.3 is 12.2 Å². The van der Waals surface area contributed by atoms with Gasteiger partial charge in [0.15, 0.2) is 0 Å². The highest BCUT2D eigenvalue weighted by Gasteiger charge is 2.18. The van der Waals surface area contributed by atoms with E-state index in [1.165, 1.54) is 0 Å². The molecule has 0 atom stereocenters. The molecule has 0 aliphatic rings. The van der Waals surface area contributed by atoms with Crippen LogP contribution in [-0.2, 0) is 9.57 Å². The Morgan fingerprint density at radius 2 is 1.75 bits per heavy atom. The molecule has 0 aliphatic carbocycles. The maximum Gasteiger partial charge on any atom is 0.435 e. The number of carbonyl (C=O) groups is 2. The number of nitrogens with one attached hydrogen (secondary N) is 1. The van der Waals surface area contributed by atoms with E-state index in [1.807, 2.05) is 0 Å². The lowest BCUT2D eigenvalue weighted by atomic mass is 10.2. The van der Waals surface area contributed by atoms with Gasteiger partial charge in [-0.25, -0.2) is 14.9 Å². The summed E-state index contributed by atoms with van der Waals surface area (Å²) in [4.78, 5) is 24.8. The topological polar surface area (TPSA) is 90.6 Å². The van der Waals surface area contributed by atoms with Crippen LogP contribution in [0.2, 0.25) is 0 Å². The second-order valence-corrected chi connectivity index (χ2v) is 3.03. The zero-order chi connectivity index (χ0) is 9.78. The van der Waals surface area contributed by atoms with Crippen LogP contribution in [0.3, 0.4) is 0 Å². The van der Waals surface area contributed by atoms with Crippen molar-refractivity contribution in [1.29, 1.82) is 0 Å². The lowest BCUT2D eigenvalue weighted by Crippen LogP contribution is -2.37. The van der Waals surface area contributed by atoms with Gasteiger partial charge in [0, 0.05) is 0 Å². The van der Waals surface area contributed by atoms with E-state index < -0.39 is 17.8 Å². The molecule has 0 saturated carbocycles. The fourth-order valence-corrected chi connectivity index (χ4v) is 0.416. The highest BCUT2D eigenvalue weighted by atomic mass is 16.7. The van der Waals surface area contributed by atoms with E-state index in [2.05, 4.69) is 10.7 Å². The number of amides is 2. The van der Waals surface area contributed by atoms with Crippen LogP contribution < -0.4 is 11.2 Å². The van der Waals surface area contributed by atoms with Crippen molar-refractivity contribution < 1.29 is 19.2 Å². The normalized spacial score (nSPS) is 10.3. The van der Waals surface area contributed by atoms with Gasteiger partial charge in [0.25, 0.3) is 0 Å². The predicted molar refractivity (Wildman–Crippen MR) is 40.0 cm³/mol. The minimum atomic E-state index is -1.05. The smallest absolute Gasteiger partial charge is 0.435 e. The minimum absolute atomic E-state index is 0.654. The second kappa shape index (κ2) is 3.91. The third-order valence-corrected chi connectivity index (χ3v) is 0.710. The van der Waals surface area contributed by atoms with Crippen LogP contribution in [0.1, 0.15) is 20.8 Å². The fourth-order valence-electron chi connectivity index (χ4n) is 0.416. The van der Waals surface area contributed by atoms with Crippen molar-refractivity contribution in [3.05, 3.63) is 0 Å². The SMILES string of the molecule is CC(C)(C)OC(=O)NC(=O)ON. The first-order chi connectivity index (χ1) is 5.35. The molecule has 0 aromatic rings. The molecule has 12 heavy (non-hydrogen) atoms. The van der Waals surface area contributed by atoms with E-state index in [1.54, 1.807) is 26.1 Å². The number of imide groups is 1. The Hall–Kier alpha value is -1.30. The monoisotopic (exact) mass is 176 g/mol. The van der Waals surface area contributed by atoms with Gasteiger partial charge in [0.1, 0.15) is 5.60 Å². The van der Waals surface area contributed by atoms with E-state index in [9.17, 15) is 9.59 Å². The molecule has 0 heterocycles. The second-order valence-electron chi connectivity index (χ2n) is 3.03. The average Bonchev–Trinajstić information content (AvgIpc) is 1.82. The zero-order valence-corrected chi connectivity index (χ0v) is 7.21. The fraction of sp³-hybridized carbons (Fsp3) is 0.667. The van der Waals surface area contributed by atoms with Crippen molar-refractivity contribution in [2.45, 2.75) is 26.4 Å². The van der Waals surface area contributed by atoms with Crippen LogP contribution in [0, 0.1) is 0 Å². The number of ether oxygens (including phenoxy) is 1. The van der Waals surface area contributed by atoms with Gasteiger partial charge in [0.2, 0.25) is 0 Å². The Morgan fingerprint density at radius 3 is 2.08 bits per heavy atom. The zero-order valence-electron chi connectivity index (χ0n) is 7.21. The summed E-state index contributed by atoms with van der Waals surface area (Å²) in [7, 11) is 0. The largest absolute Gasteiger partial charge is 0.443 e. The number of rotatable bonds is 0. The van der Waals surface area contributed by atoms with Gasteiger partial charge in [-0.1, -0.05) is 0 Å². The molecule has 0 fully saturated rings. The first-order valence-corrected chi connectivity index (χ1v) is 3.26. The van der Waals surface area contributed by atoms with Crippen LogP contribution >= 0.6 is 0 Å². The van der Waals surface area contributed by atoms with Crippen LogP contribution in [0.15, 0.2) is 0 Å². The van der Waals surface area contributed by atoms with Crippen molar-refractivity contribution in [3.8, 4) is 0 Å². The van der Waals surface area contributed by atoms with E-state index in [-0.39, 0.29) is 0 Å². The molecular formula is C6H12N2O4. The summed E-state index contributed by atoms with van der Waals surface area (Å²) in [6.45, 7) is 5.00. The van der Waals surface area contributed by atoms with Gasteiger partial charge in [-0.3, -0.25) is 0 Å². The lowest BCUT2D eigenvalue weighted by molar-refractivity contribution is 0.0510. The predicted octanol–water partition coefficient (Wildman–Crippen LogP) is 0.521. The standard InChI is InChI=1S/C6H12N2O4/c1-6(2,3)11-4(9)8-5(10)12-7/h7H2,1-3H3,(H,8,9,10). The van der Waals surface area contributed by atoms with Crippen molar-refractivity contribution >= 4 is 12.2 Å². The molecule has 0 saturated heterocycles. The van der Waals surface area contributed by atoms with Crippen molar-refractivity contribution in [1.82, 2.24) is 5.32 Å². The third kappa shape index (κ3) is 5.48. The molecule has 3 N–H and O–H groups in total. The van der Waals surface area contributed by atoms with E-state index in [0.717, 1.165) is 0 Å². The van der Waals surface area contributed by atoms with Crippen molar-refractivity contribution in [2.75, 3.05) is 0 Å². The van der Waals surface area contributed by atoms with Crippen LogP contribution in [0.25, 0.3) is 0 Å². The Balaban J connectivity index is 3.83. The van der Waals surface area contributed by atoms with Gasteiger partial charge in [-0.2, -0.15) is 5.90 Å². The molecular weight excluding hydrogens is 164 g/mol. The van der Waals surface area contributed by atoms with Gasteiger partial charge in [-0.05, 0) is 20.8 Å². The summed E-state index contributed by atoms with van der Waals surface area (Å²) in [5, 5.41) is 1.74. The number of hydrogen-bond acceptors (Lipinski definition) is 5. The summed E-state index contributed by atoms with van der Waals surface area (Å²) >= 11 is 0. The molecule has 70 valence electrons. The number of carbonyl (C=O) groups excluding carboxylic acids is 2. The molecule has 0 radical (unpaired) electrons. The highest BCUT2D eigenvalue weighted by Crippen LogP contribution is 2.06. The lowest BCUT2D eigenvalue weighted by Gasteiger charge is -2.18. The molecule has 6 nitrogen and oxygen atoms in total. The first kappa shape index (κ1) is 10.7. The summed E-state index contributed by atoms with van der Waals surface area (Å²) in [6, 6.07) is 0.